The minimum atomic E-state index is 0.471. The van der Waals surface area contributed by atoms with Crippen LogP contribution in [0.2, 0.25) is 0 Å². The zero-order valence-corrected chi connectivity index (χ0v) is 22.3. The SMILES string of the molecule is CC(C)c1ccc2oc3ccc(-c4cccc(-c5ccc6c(c5)c5ccccc5c5nccnc65)c4)cc3c2c1. The van der Waals surface area contributed by atoms with E-state index in [-0.39, 0.29) is 0 Å². The Hall–Kier alpha value is -5.02. The van der Waals surface area contributed by atoms with E-state index < -0.39 is 0 Å². The minimum absolute atomic E-state index is 0.471. The summed E-state index contributed by atoms with van der Waals surface area (Å²) in [6, 6.07) is 37.0. The summed E-state index contributed by atoms with van der Waals surface area (Å²) in [5.41, 5.74) is 9.80. The van der Waals surface area contributed by atoms with E-state index in [1.54, 1.807) is 12.4 Å². The molecule has 8 rings (SSSR count). The lowest BCUT2D eigenvalue weighted by molar-refractivity contribution is 0.668. The zero-order chi connectivity index (χ0) is 26.8. The molecule has 2 aromatic heterocycles. The van der Waals surface area contributed by atoms with Crippen LogP contribution in [-0.2, 0) is 0 Å². The molecule has 0 unspecified atom stereocenters. The summed E-state index contributed by atoms with van der Waals surface area (Å²) in [7, 11) is 0. The maximum Gasteiger partial charge on any atom is 0.135 e. The predicted molar refractivity (Wildman–Crippen MR) is 167 cm³/mol. The highest BCUT2D eigenvalue weighted by molar-refractivity contribution is 6.23. The second-order valence-electron chi connectivity index (χ2n) is 10.9. The Morgan fingerprint density at radius 3 is 1.77 bits per heavy atom. The maximum absolute atomic E-state index is 6.17. The summed E-state index contributed by atoms with van der Waals surface area (Å²) >= 11 is 0. The number of hydrogen-bond donors (Lipinski definition) is 0. The number of furan rings is 1. The average molecular weight is 515 g/mol. The topological polar surface area (TPSA) is 38.9 Å². The molecule has 0 aliphatic carbocycles. The highest BCUT2D eigenvalue weighted by Gasteiger charge is 2.13. The first-order valence-corrected chi connectivity index (χ1v) is 13.8. The molecule has 3 heteroatoms. The van der Waals surface area contributed by atoms with Crippen LogP contribution in [0.25, 0.3) is 76.8 Å². The van der Waals surface area contributed by atoms with Crippen LogP contribution in [0.5, 0.6) is 0 Å². The molecular formula is C37H26N2O. The predicted octanol–water partition coefficient (Wildman–Crippen LogP) is 10.3. The second kappa shape index (κ2) is 8.75. The first-order chi connectivity index (χ1) is 19.6. The van der Waals surface area contributed by atoms with Crippen LogP contribution in [0.15, 0.2) is 120 Å². The van der Waals surface area contributed by atoms with Gasteiger partial charge in [0.2, 0.25) is 0 Å². The van der Waals surface area contributed by atoms with Gasteiger partial charge >= 0.3 is 0 Å². The largest absolute Gasteiger partial charge is 0.456 e. The number of nitrogens with zero attached hydrogens (tertiary/aromatic N) is 2. The van der Waals surface area contributed by atoms with Crippen molar-refractivity contribution in [2.75, 3.05) is 0 Å². The van der Waals surface area contributed by atoms with E-state index in [1.165, 1.54) is 44.0 Å². The van der Waals surface area contributed by atoms with E-state index in [0.29, 0.717) is 5.92 Å². The molecule has 0 aliphatic rings. The summed E-state index contributed by atoms with van der Waals surface area (Å²) in [6.07, 6.45) is 3.55. The van der Waals surface area contributed by atoms with Crippen LogP contribution in [0.3, 0.4) is 0 Å². The smallest absolute Gasteiger partial charge is 0.135 e. The highest BCUT2D eigenvalue weighted by atomic mass is 16.3. The molecule has 0 bridgehead atoms. The van der Waals surface area contributed by atoms with Gasteiger partial charge in [0.25, 0.3) is 0 Å². The Kier molecular flexibility index (Phi) is 5.02. The van der Waals surface area contributed by atoms with Gasteiger partial charge in [0.1, 0.15) is 11.2 Å². The molecule has 0 radical (unpaired) electrons. The van der Waals surface area contributed by atoms with Crippen molar-refractivity contribution in [3.05, 3.63) is 121 Å². The fourth-order valence-corrected chi connectivity index (χ4v) is 6.02. The van der Waals surface area contributed by atoms with Crippen molar-refractivity contribution < 1.29 is 4.42 Å². The van der Waals surface area contributed by atoms with E-state index in [4.69, 9.17) is 9.40 Å². The molecule has 2 heterocycles. The van der Waals surface area contributed by atoms with Crippen LogP contribution in [0.1, 0.15) is 25.3 Å². The second-order valence-corrected chi connectivity index (χ2v) is 10.9. The van der Waals surface area contributed by atoms with Crippen molar-refractivity contribution in [2.45, 2.75) is 19.8 Å². The van der Waals surface area contributed by atoms with Crippen molar-refractivity contribution in [3.63, 3.8) is 0 Å². The van der Waals surface area contributed by atoms with Crippen molar-refractivity contribution in [1.29, 1.82) is 0 Å². The van der Waals surface area contributed by atoms with Gasteiger partial charge in [-0.15, -0.1) is 0 Å². The molecule has 190 valence electrons. The molecule has 0 N–H and O–H groups in total. The van der Waals surface area contributed by atoms with Crippen LogP contribution in [-0.4, -0.2) is 9.97 Å². The van der Waals surface area contributed by atoms with E-state index in [9.17, 15) is 0 Å². The van der Waals surface area contributed by atoms with Gasteiger partial charge in [0, 0.05) is 33.9 Å². The number of fused-ring (bicyclic) bond motifs is 9. The molecule has 0 atom stereocenters. The number of benzene rings is 6. The minimum Gasteiger partial charge on any atom is -0.456 e. The Morgan fingerprint density at radius 1 is 0.475 bits per heavy atom. The molecule has 0 spiro atoms. The van der Waals surface area contributed by atoms with E-state index in [2.05, 4.69) is 122 Å². The van der Waals surface area contributed by atoms with Gasteiger partial charge in [-0.05, 0) is 80.9 Å². The fourth-order valence-electron chi connectivity index (χ4n) is 6.02. The van der Waals surface area contributed by atoms with Gasteiger partial charge in [-0.3, -0.25) is 9.97 Å². The highest BCUT2D eigenvalue weighted by Crippen LogP contribution is 2.37. The monoisotopic (exact) mass is 514 g/mol. The van der Waals surface area contributed by atoms with Gasteiger partial charge in [-0.1, -0.05) is 80.6 Å². The van der Waals surface area contributed by atoms with Gasteiger partial charge in [0.15, 0.2) is 0 Å². The lowest BCUT2D eigenvalue weighted by Crippen LogP contribution is -1.89. The summed E-state index contributed by atoms with van der Waals surface area (Å²) in [4.78, 5) is 9.37. The van der Waals surface area contributed by atoms with E-state index in [1.807, 2.05) is 0 Å². The first-order valence-electron chi connectivity index (χ1n) is 13.8. The van der Waals surface area contributed by atoms with Crippen molar-refractivity contribution in [2.24, 2.45) is 0 Å². The van der Waals surface area contributed by atoms with E-state index in [0.717, 1.165) is 38.4 Å². The number of rotatable bonds is 3. The third-order valence-corrected chi connectivity index (χ3v) is 8.13. The number of aromatic nitrogens is 2. The van der Waals surface area contributed by atoms with Crippen LogP contribution >= 0.6 is 0 Å². The molecule has 0 saturated carbocycles. The van der Waals surface area contributed by atoms with Crippen LogP contribution < -0.4 is 0 Å². The van der Waals surface area contributed by atoms with Gasteiger partial charge in [0.05, 0.1) is 11.0 Å². The lowest BCUT2D eigenvalue weighted by atomic mass is 9.94. The van der Waals surface area contributed by atoms with Gasteiger partial charge < -0.3 is 4.42 Å². The average Bonchev–Trinajstić information content (AvgIpc) is 3.38. The Labute approximate surface area is 231 Å². The quantitative estimate of drug-likeness (QED) is 0.220. The van der Waals surface area contributed by atoms with Crippen molar-refractivity contribution >= 4 is 54.5 Å². The molecular weight excluding hydrogens is 488 g/mol. The van der Waals surface area contributed by atoms with Crippen molar-refractivity contribution in [1.82, 2.24) is 9.97 Å². The summed E-state index contributed by atoms with van der Waals surface area (Å²) in [6.45, 7) is 4.46. The molecule has 0 saturated heterocycles. The molecule has 40 heavy (non-hydrogen) atoms. The molecule has 6 aromatic carbocycles. The molecule has 3 nitrogen and oxygen atoms in total. The third-order valence-electron chi connectivity index (χ3n) is 8.13. The Bertz CT molecular complexity index is 2220. The number of hydrogen-bond acceptors (Lipinski definition) is 3. The lowest BCUT2D eigenvalue weighted by Gasteiger charge is -2.11. The first kappa shape index (κ1) is 22.9. The zero-order valence-electron chi connectivity index (χ0n) is 22.3. The molecule has 8 aromatic rings. The Balaban J connectivity index is 1.28. The van der Waals surface area contributed by atoms with Crippen LogP contribution in [0, 0.1) is 0 Å². The van der Waals surface area contributed by atoms with Crippen molar-refractivity contribution in [3.8, 4) is 22.3 Å². The maximum atomic E-state index is 6.17. The van der Waals surface area contributed by atoms with Gasteiger partial charge in [-0.2, -0.15) is 0 Å². The van der Waals surface area contributed by atoms with Crippen LogP contribution in [0.4, 0.5) is 0 Å². The van der Waals surface area contributed by atoms with Gasteiger partial charge in [-0.25, -0.2) is 0 Å². The third kappa shape index (κ3) is 3.51. The molecule has 0 fully saturated rings. The standard InChI is InChI=1S/C37H26N2O/c1-22(2)23-11-14-34-32(19-23)33-21-27(12-15-35(33)40-34)25-7-5-6-24(18-25)26-10-13-30-31(20-26)28-8-3-4-9-29(28)36-37(30)39-17-16-38-36/h3-22H,1-2H3. The molecule has 0 amide bonds. The fraction of sp³-hybridized carbons (Fsp3) is 0.0811. The Morgan fingerprint density at radius 2 is 1.05 bits per heavy atom. The summed E-state index contributed by atoms with van der Waals surface area (Å²) in [5.74, 6) is 0.471. The summed E-state index contributed by atoms with van der Waals surface area (Å²) < 4.78 is 6.17. The van der Waals surface area contributed by atoms with E-state index >= 15 is 0 Å². The molecule has 0 aliphatic heterocycles. The normalized spacial score (nSPS) is 12.0. The summed E-state index contributed by atoms with van der Waals surface area (Å²) in [5, 5.41) is 6.98.